The standard InChI is InChI=1S/C29H42O3/c1-7-23(25-13-17-27(31-5)18-14-25)11-9-21(3)29(30)22(4)10-12-24(8-2)26-15-19-28(32-6)20-16-26/h13-24H,7-12H2,1-6H3. The smallest absolute Gasteiger partial charge is 0.138 e. The topological polar surface area (TPSA) is 35.5 Å². The molecule has 0 saturated carbocycles. The van der Waals surface area contributed by atoms with Crippen LogP contribution in [0.3, 0.4) is 0 Å². The normalized spacial score (nSPS) is 14.9. The maximum atomic E-state index is 13.1. The third kappa shape index (κ3) is 7.39. The summed E-state index contributed by atoms with van der Waals surface area (Å²) in [4.78, 5) is 13.1. The second kappa shape index (κ2) is 13.3. The molecule has 0 radical (unpaired) electrons. The van der Waals surface area contributed by atoms with Crippen LogP contribution in [0, 0.1) is 11.8 Å². The third-order valence-corrected chi connectivity index (χ3v) is 7.03. The lowest BCUT2D eigenvalue weighted by Gasteiger charge is -2.22. The van der Waals surface area contributed by atoms with Gasteiger partial charge in [-0.2, -0.15) is 0 Å². The van der Waals surface area contributed by atoms with Gasteiger partial charge in [0.1, 0.15) is 17.3 Å². The van der Waals surface area contributed by atoms with Gasteiger partial charge >= 0.3 is 0 Å². The molecule has 0 aliphatic heterocycles. The van der Waals surface area contributed by atoms with Crippen LogP contribution in [0.15, 0.2) is 48.5 Å². The van der Waals surface area contributed by atoms with E-state index in [1.807, 2.05) is 24.3 Å². The molecule has 0 N–H and O–H groups in total. The first-order valence-electron chi connectivity index (χ1n) is 12.2. The van der Waals surface area contributed by atoms with Gasteiger partial charge in [0.05, 0.1) is 14.2 Å². The molecule has 2 aromatic carbocycles. The monoisotopic (exact) mass is 438 g/mol. The van der Waals surface area contributed by atoms with Crippen molar-refractivity contribution in [2.75, 3.05) is 14.2 Å². The lowest BCUT2D eigenvalue weighted by atomic mass is 9.82. The van der Waals surface area contributed by atoms with E-state index in [-0.39, 0.29) is 11.8 Å². The molecule has 2 aromatic rings. The Morgan fingerprint density at radius 1 is 0.656 bits per heavy atom. The Labute approximate surface area is 195 Å². The summed E-state index contributed by atoms with van der Waals surface area (Å²) < 4.78 is 10.5. The summed E-state index contributed by atoms with van der Waals surface area (Å²) in [7, 11) is 3.39. The van der Waals surface area contributed by atoms with Gasteiger partial charge in [-0.25, -0.2) is 0 Å². The van der Waals surface area contributed by atoms with Crippen molar-refractivity contribution in [2.24, 2.45) is 11.8 Å². The SMILES string of the molecule is CCC(CCC(C)C(=O)C(C)CCC(CC)c1ccc(OC)cc1)c1ccc(OC)cc1. The van der Waals surface area contributed by atoms with Crippen LogP contribution >= 0.6 is 0 Å². The number of ketones is 1. The Bertz CT molecular complexity index is 727. The Kier molecular flexibility index (Phi) is 10.8. The molecule has 0 aliphatic rings. The number of hydrogen-bond acceptors (Lipinski definition) is 3. The van der Waals surface area contributed by atoms with Gasteiger partial charge in [0.25, 0.3) is 0 Å². The van der Waals surface area contributed by atoms with E-state index in [4.69, 9.17) is 9.47 Å². The van der Waals surface area contributed by atoms with Crippen molar-refractivity contribution in [2.45, 2.75) is 78.1 Å². The predicted octanol–water partition coefficient (Wildman–Crippen LogP) is 7.79. The lowest BCUT2D eigenvalue weighted by molar-refractivity contribution is -0.126. The second-order valence-corrected chi connectivity index (χ2v) is 9.12. The van der Waals surface area contributed by atoms with E-state index in [1.54, 1.807) is 14.2 Å². The molecule has 0 spiro atoms. The molecule has 2 rings (SSSR count). The number of benzene rings is 2. The molecule has 4 unspecified atom stereocenters. The van der Waals surface area contributed by atoms with E-state index in [0.717, 1.165) is 50.0 Å². The average molecular weight is 439 g/mol. The predicted molar refractivity (Wildman–Crippen MR) is 134 cm³/mol. The molecular formula is C29H42O3. The molecule has 0 heterocycles. The number of rotatable bonds is 14. The van der Waals surface area contributed by atoms with E-state index in [1.165, 1.54) is 11.1 Å². The van der Waals surface area contributed by atoms with Gasteiger partial charge in [-0.1, -0.05) is 52.0 Å². The molecule has 0 fully saturated rings. The van der Waals surface area contributed by atoms with Crippen molar-refractivity contribution in [1.29, 1.82) is 0 Å². The highest BCUT2D eigenvalue weighted by Crippen LogP contribution is 2.31. The summed E-state index contributed by atoms with van der Waals surface area (Å²) in [5.41, 5.74) is 2.68. The number of carbonyl (C=O) groups excluding carboxylic acids is 1. The summed E-state index contributed by atoms with van der Waals surface area (Å²) in [6.07, 6.45) is 6.16. The fourth-order valence-electron chi connectivity index (χ4n) is 4.64. The highest BCUT2D eigenvalue weighted by molar-refractivity contribution is 5.82. The van der Waals surface area contributed by atoms with E-state index in [9.17, 15) is 4.79 Å². The zero-order chi connectivity index (χ0) is 23.5. The molecule has 0 bridgehead atoms. The van der Waals surface area contributed by atoms with Crippen LogP contribution in [-0.2, 0) is 4.79 Å². The van der Waals surface area contributed by atoms with Crippen LogP contribution in [0.4, 0.5) is 0 Å². The van der Waals surface area contributed by atoms with Crippen molar-refractivity contribution in [3.63, 3.8) is 0 Å². The van der Waals surface area contributed by atoms with E-state index < -0.39 is 0 Å². The fraction of sp³-hybridized carbons (Fsp3) is 0.552. The molecule has 0 aliphatic carbocycles. The van der Waals surface area contributed by atoms with Crippen molar-refractivity contribution in [3.8, 4) is 11.5 Å². The summed E-state index contributed by atoms with van der Waals surface area (Å²) in [6, 6.07) is 16.8. The van der Waals surface area contributed by atoms with Crippen molar-refractivity contribution >= 4 is 5.78 Å². The minimum Gasteiger partial charge on any atom is -0.497 e. The molecule has 3 heteroatoms. The van der Waals surface area contributed by atoms with Gasteiger partial charge < -0.3 is 9.47 Å². The summed E-state index contributed by atoms with van der Waals surface area (Å²) in [5, 5.41) is 0. The molecule has 0 amide bonds. The highest BCUT2D eigenvalue weighted by atomic mass is 16.5. The quantitative estimate of drug-likeness (QED) is 0.302. The van der Waals surface area contributed by atoms with Gasteiger partial charge in [-0.05, 0) is 85.8 Å². The first kappa shape index (κ1) is 26.0. The highest BCUT2D eigenvalue weighted by Gasteiger charge is 2.22. The number of methoxy groups -OCH3 is 2. The van der Waals surface area contributed by atoms with Gasteiger partial charge in [0, 0.05) is 11.8 Å². The number of carbonyl (C=O) groups is 1. The minimum atomic E-state index is 0.110. The Morgan fingerprint density at radius 2 is 1.00 bits per heavy atom. The molecule has 3 nitrogen and oxygen atoms in total. The first-order valence-corrected chi connectivity index (χ1v) is 12.2. The Balaban J connectivity index is 1.85. The van der Waals surface area contributed by atoms with Crippen molar-refractivity contribution in [1.82, 2.24) is 0 Å². The van der Waals surface area contributed by atoms with E-state index in [0.29, 0.717) is 17.6 Å². The van der Waals surface area contributed by atoms with Crippen LogP contribution in [-0.4, -0.2) is 20.0 Å². The van der Waals surface area contributed by atoms with Gasteiger partial charge in [-0.3, -0.25) is 4.79 Å². The summed E-state index contributed by atoms with van der Waals surface area (Å²) in [5.74, 6) is 3.40. The van der Waals surface area contributed by atoms with E-state index >= 15 is 0 Å². The van der Waals surface area contributed by atoms with Gasteiger partial charge in [-0.15, -0.1) is 0 Å². The molecular weight excluding hydrogens is 396 g/mol. The molecule has 4 atom stereocenters. The van der Waals surface area contributed by atoms with Gasteiger partial charge in [0.2, 0.25) is 0 Å². The summed E-state index contributed by atoms with van der Waals surface area (Å²) >= 11 is 0. The largest absolute Gasteiger partial charge is 0.497 e. The third-order valence-electron chi connectivity index (χ3n) is 7.03. The maximum absolute atomic E-state index is 13.1. The van der Waals surface area contributed by atoms with Crippen LogP contribution in [0.1, 0.15) is 89.2 Å². The Hall–Kier alpha value is -2.29. The molecule has 176 valence electrons. The van der Waals surface area contributed by atoms with E-state index in [2.05, 4.69) is 52.0 Å². The minimum absolute atomic E-state index is 0.110. The van der Waals surface area contributed by atoms with Gasteiger partial charge in [0.15, 0.2) is 0 Å². The second-order valence-electron chi connectivity index (χ2n) is 9.12. The number of Topliss-reactive ketones (excluding diaryl/α,β-unsaturated/α-hetero) is 1. The molecule has 0 saturated heterocycles. The maximum Gasteiger partial charge on any atom is 0.138 e. The fourth-order valence-corrected chi connectivity index (χ4v) is 4.64. The Morgan fingerprint density at radius 3 is 1.28 bits per heavy atom. The molecule has 0 aromatic heterocycles. The summed E-state index contributed by atoms with van der Waals surface area (Å²) in [6.45, 7) is 8.68. The lowest BCUT2D eigenvalue weighted by Crippen LogP contribution is -2.20. The average Bonchev–Trinajstić information content (AvgIpc) is 2.84. The van der Waals surface area contributed by atoms with Crippen molar-refractivity contribution < 1.29 is 14.3 Å². The van der Waals surface area contributed by atoms with Crippen LogP contribution < -0.4 is 9.47 Å². The van der Waals surface area contributed by atoms with Crippen LogP contribution in [0.25, 0.3) is 0 Å². The molecule has 32 heavy (non-hydrogen) atoms. The number of hydrogen-bond donors (Lipinski definition) is 0. The number of ether oxygens (including phenoxy) is 2. The zero-order valence-electron chi connectivity index (χ0n) is 20.9. The van der Waals surface area contributed by atoms with Crippen LogP contribution in [0.5, 0.6) is 11.5 Å². The van der Waals surface area contributed by atoms with Crippen molar-refractivity contribution in [3.05, 3.63) is 59.7 Å². The zero-order valence-corrected chi connectivity index (χ0v) is 20.9. The first-order chi connectivity index (χ1) is 15.4. The van der Waals surface area contributed by atoms with Crippen LogP contribution in [0.2, 0.25) is 0 Å².